The van der Waals surface area contributed by atoms with Crippen LogP contribution < -0.4 is 10.6 Å². The molecule has 2 heterocycles. The zero-order valence-corrected chi connectivity index (χ0v) is 36.7. The highest BCUT2D eigenvalue weighted by Crippen LogP contribution is 2.33. The number of pyridine rings is 2. The lowest BCUT2D eigenvalue weighted by molar-refractivity contribution is 0.220. The van der Waals surface area contributed by atoms with Crippen molar-refractivity contribution in [2.45, 2.75) is 113 Å². The Morgan fingerprint density at radius 3 is 1.41 bits per heavy atom. The van der Waals surface area contributed by atoms with Gasteiger partial charge in [0.1, 0.15) is 36.5 Å². The van der Waals surface area contributed by atoms with Crippen molar-refractivity contribution in [2.75, 3.05) is 37.8 Å². The van der Waals surface area contributed by atoms with Crippen molar-refractivity contribution in [3.63, 3.8) is 0 Å². The Balaban J connectivity index is 0.970. The SMILES string of the molecule is CC(C)(CCCCSc1cnc(CNCCCO[P+](=O)OCCCNCc2cc(F)c(SCCCCC(C)(C)c3ccccc3F)cn2)cc1F)c1ccccc1F. The van der Waals surface area contributed by atoms with Gasteiger partial charge in [0.05, 0.1) is 21.2 Å². The molecule has 0 amide bonds. The van der Waals surface area contributed by atoms with E-state index in [1.165, 1.54) is 47.8 Å². The van der Waals surface area contributed by atoms with Crippen LogP contribution in [0.15, 0.2) is 82.8 Å². The summed E-state index contributed by atoms with van der Waals surface area (Å²) in [4.78, 5) is 9.80. The third kappa shape index (κ3) is 16.6. The van der Waals surface area contributed by atoms with Crippen molar-refractivity contribution in [2.24, 2.45) is 0 Å². The summed E-state index contributed by atoms with van der Waals surface area (Å²) in [6.07, 6.45) is 9.61. The molecule has 14 heteroatoms. The van der Waals surface area contributed by atoms with Gasteiger partial charge in [-0.2, -0.15) is 0 Å². The Kier molecular flexibility index (Phi) is 20.6. The smallest absolute Gasteiger partial charge is 0.311 e. The molecule has 0 saturated heterocycles. The van der Waals surface area contributed by atoms with Gasteiger partial charge in [0, 0.05) is 30.0 Å². The van der Waals surface area contributed by atoms with Crippen molar-refractivity contribution >= 4 is 31.8 Å². The van der Waals surface area contributed by atoms with E-state index in [-0.39, 0.29) is 47.3 Å². The van der Waals surface area contributed by atoms with Crippen molar-refractivity contribution in [1.29, 1.82) is 0 Å². The highest BCUT2D eigenvalue weighted by molar-refractivity contribution is 7.99. The monoisotopic (exact) mass is 861 g/mol. The van der Waals surface area contributed by atoms with Gasteiger partial charge in [-0.1, -0.05) is 76.9 Å². The Hall–Kier alpha value is -2.90. The minimum absolute atomic E-state index is 0.176. The summed E-state index contributed by atoms with van der Waals surface area (Å²) in [5, 5.41) is 6.40. The summed E-state index contributed by atoms with van der Waals surface area (Å²) < 4.78 is 80.4. The van der Waals surface area contributed by atoms with E-state index in [0.29, 0.717) is 60.2 Å². The maximum atomic E-state index is 14.7. The lowest BCUT2D eigenvalue weighted by Crippen LogP contribution is -2.18. The van der Waals surface area contributed by atoms with Gasteiger partial charge in [0.25, 0.3) is 0 Å². The molecule has 0 unspecified atom stereocenters. The van der Waals surface area contributed by atoms with Gasteiger partial charge in [0.2, 0.25) is 0 Å². The van der Waals surface area contributed by atoms with Crippen LogP contribution in [-0.4, -0.2) is 47.8 Å². The Bertz CT molecular complexity index is 1740. The van der Waals surface area contributed by atoms with Gasteiger partial charge in [0.15, 0.2) is 0 Å². The Labute approximate surface area is 351 Å². The molecule has 2 N–H and O–H groups in total. The minimum atomic E-state index is -2.24. The van der Waals surface area contributed by atoms with Crippen LogP contribution in [0.4, 0.5) is 17.6 Å². The molecular formula is C44H58F4N4O3PS2+. The van der Waals surface area contributed by atoms with Gasteiger partial charge in [-0.25, -0.2) is 17.6 Å². The standard InChI is InChI=1S/C44H58F4N4O3PS2/c1-43(2,35-15-5-7-17-37(35)45)19-9-11-25-57-41-31-51-33(27-39(41)47)29-49-21-13-23-54-56(53)55-24-14-22-50-30-34-28-40(48)42(32-52-34)58-26-12-10-20-44(3,4)36-16-6-8-18-38(36)46/h5-8,15-18,27-28,31-32,49-50H,9-14,19-26,29-30H2,1-4H3/q+1. The second-order valence-corrected chi connectivity index (χ2v) is 18.7. The molecule has 0 aliphatic carbocycles. The van der Waals surface area contributed by atoms with Crippen LogP contribution >= 0.6 is 31.8 Å². The van der Waals surface area contributed by atoms with Gasteiger partial charge in [-0.15, -0.1) is 32.6 Å². The van der Waals surface area contributed by atoms with Crippen molar-refractivity contribution in [3.05, 3.63) is 119 Å². The van der Waals surface area contributed by atoms with Crippen LogP contribution in [0, 0.1) is 23.3 Å². The zero-order valence-electron chi connectivity index (χ0n) is 34.1. The van der Waals surface area contributed by atoms with E-state index >= 15 is 0 Å². The average Bonchev–Trinajstić information content (AvgIpc) is 3.18. The fourth-order valence-corrected chi connectivity index (χ4v) is 8.87. The molecule has 2 aromatic heterocycles. The van der Waals surface area contributed by atoms with Gasteiger partial charge in [-0.3, -0.25) is 9.97 Å². The fourth-order valence-electron chi connectivity index (χ4n) is 6.46. The number of halogens is 4. The van der Waals surface area contributed by atoms with Crippen LogP contribution in [0.5, 0.6) is 0 Å². The van der Waals surface area contributed by atoms with Crippen LogP contribution in [-0.2, 0) is 37.5 Å². The first-order valence-electron chi connectivity index (χ1n) is 20.0. The van der Waals surface area contributed by atoms with Gasteiger partial charge in [-0.05, 0) is 109 Å². The largest absolute Gasteiger partial charge is 0.697 e. The third-order valence-corrected chi connectivity index (χ3v) is 12.9. The second kappa shape index (κ2) is 25.0. The van der Waals surface area contributed by atoms with Crippen molar-refractivity contribution in [1.82, 2.24) is 20.6 Å². The third-order valence-electron chi connectivity index (χ3n) is 9.87. The number of unbranched alkanes of at least 4 members (excludes halogenated alkanes) is 2. The quantitative estimate of drug-likeness (QED) is 0.0251. The Morgan fingerprint density at radius 1 is 0.603 bits per heavy atom. The maximum Gasteiger partial charge on any atom is 0.697 e. The number of hydrogen-bond donors (Lipinski definition) is 2. The molecule has 0 bridgehead atoms. The zero-order chi connectivity index (χ0) is 41.8. The highest BCUT2D eigenvalue weighted by Gasteiger charge is 2.24. The van der Waals surface area contributed by atoms with Crippen LogP contribution in [0.2, 0.25) is 0 Å². The first kappa shape index (κ1) is 47.8. The van der Waals surface area contributed by atoms with Crippen molar-refractivity contribution < 1.29 is 31.2 Å². The van der Waals surface area contributed by atoms with E-state index in [0.717, 1.165) is 61.2 Å². The minimum Gasteiger partial charge on any atom is -0.311 e. The fraction of sp³-hybridized carbons (Fsp3) is 0.500. The number of nitrogens with one attached hydrogen (secondary N) is 2. The molecule has 0 saturated carbocycles. The highest BCUT2D eigenvalue weighted by atomic mass is 32.2. The molecule has 0 radical (unpaired) electrons. The summed E-state index contributed by atoms with van der Waals surface area (Å²) in [7, 11) is -2.24. The number of thioether (sulfide) groups is 2. The van der Waals surface area contributed by atoms with E-state index in [4.69, 9.17) is 9.05 Å². The summed E-state index contributed by atoms with van der Waals surface area (Å²) >= 11 is 2.88. The summed E-state index contributed by atoms with van der Waals surface area (Å²) in [6.45, 7) is 10.6. The van der Waals surface area contributed by atoms with Crippen LogP contribution in [0.3, 0.4) is 0 Å². The predicted molar refractivity (Wildman–Crippen MR) is 229 cm³/mol. The molecule has 7 nitrogen and oxygen atoms in total. The molecular weight excluding hydrogens is 804 g/mol. The van der Waals surface area contributed by atoms with E-state index in [1.807, 2.05) is 24.3 Å². The maximum absolute atomic E-state index is 14.7. The lowest BCUT2D eigenvalue weighted by Gasteiger charge is -2.25. The number of benzene rings is 2. The molecule has 0 aliphatic heterocycles. The molecule has 0 atom stereocenters. The molecule has 0 fully saturated rings. The molecule has 4 aromatic rings. The molecule has 316 valence electrons. The normalized spacial score (nSPS) is 12.0. The van der Waals surface area contributed by atoms with Crippen molar-refractivity contribution in [3.8, 4) is 0 Å². The molecule has 58 heavy (non-hydrogen) atoms. The first-order chi connectivity index (χ1) is 27.9. The number of aromatic nitrogens is 2. The van der Waals surface area contributed by atoms with Gasteiger partial charge < -0.3 is 10.6 Å². The van der Waals surface area contributed by atoms with Gasteiger partial charge >= 0.3 is 8.25 Å². The summed E-state index contributed by atoms with van der Waals surface area (Å²) in [5.41, 5.74) is 2.11. The average molecular weight is 862 g/mol. The van der Waals surface area contributed by atoms with E-state index in [9.17, 15) is 22.1 Å². The van der Waals surface area contributed by atoms with Crippen LogP contribution in [0.25, 0.3) is 0 Å². The van der Waals surface area contributed by atoms with Crippen LogP contribution in [0.1, 0.15) is 102 Å². The predicted octanol–water partition coefficient (Wildman–Crippen LogP) is 11.9. The molecule has 0 spiro atoms. The van der Waals surface area contributed by atoms with E-state index < -0.39 is 8.25 Å². The summed E-state index contributed by atoms with van der Waals surface area (Å²) in [6, 6.07) is 16.7. The lowest BCUT2D eigenvalue weighted by atomic mass is 9.80. The molecule has 0 aliphatic rings. The topological polar surface area (TPSA) is 85.4 Å². The second-order valence-electron chi connectivity index (χ2n) is 15.5. The molecule has 4 rings (SSSR count). The number of nitrogens with zero attached hydrogens (tertiary/aromatic N) is 2. The first-order valence-corrected chi connectivity index (χ1v) is 23.1. The Morgan fingerprint density at radius 2 is 1.02 bits per heavy atom. The summed E-state index contributed by atoms with van der Waals surface area (Å²) in [5.74, 6) is 0.563. The van der Waals surface area contributed by atoms with E-state index in [2.05, 4.69) is 48.3 Å². The van der Waals surface area contributed by atoms with E-state index in [1.54, 1.807) is 24.5 Å². The number of rotatable bonds is 28. The number of hydrogen-bond acceptors (Lipinski definition) is 9. The molecule has 2 aromatic carbocycles.